The van der Waals surface area contributed by atoms with Crippen LogP contribution in [0.2, 0.25) is 0 Å². The van der Waals surface area contributed by atoms with Gasteiger partial charge in [0.2, 0.25) is 11.8 Å². The Balaban J connectivity index is 1.53. The highest BCUT2D eigenvalue weighted by atomic mass is 16.2. The van der Waals surface area contributed by atoms with Gasteiger partial charge in [0.1, 0.15) is 0 Å². The molecule has 0 radical (unpaired) electrons. The predicted octanol–water partition coefficient (Wildman–Crippen LogP) is 0.903. The quantitative estimate of drug-likeness (QED) is 0.777. The summed E-state index contributed by atoms with van der Waals surface area (Å²) in [6, 6.07) is 5.73. The molecule has 2 rings (SSSR count). The Hall–Kier alpha value is -1.91. The molecule has 5 heteroatoms. The van der Waals surface area contributed by atoms with Crippen molar-refractivity contribution < 1.29 is 9.59 Å². The van der Waals surface area contributed by atoms with E-state index in [1.165, 1.54) is 0 Å². The number of nitrogens with zero attached hydrogens (tertiary/aromatic N) is 1. The lowest BCUT2D eigenvalue weighted by Crippen LogP contribution is -2.32. The van der Waals surface area contributed by atoms with Gasteiger partial charge in [0.05, 0.1) is 0 Å². The average molecular weight is 275 g/mol. The van der Waals surface area contributed by atoms with Crippen molar-refractivity contribution >= 4 is 11.8 Å². The van der Waals surface area contributed by atoms with E-state index in [9.17, 15) is 9.59 Å². The fourth-order valence-electron chi connectivity index (χ4n) is 2.08. The van der Waals surface area contributed by atoms with Crippen molar-refractivity contribution in [3.8, 4) is 0 Å². The van der Waals surface area contributed by atoms with Crippen molar-refractivity contribution in [2.45, 2.75) is 26.2 Å². The normalized spacial score (nSPS) is 20.2. The van der Waals surface area contributed by atoms with E-state index in [1.54, 1.807) is 6.20 Å². The second-order valence-corrected chi connectivity index (χ2v) is 5.28. The van der Waals surface area contributed by atoms with Crippen LogP contribution in [0.1, 0.15) is 25.5 Å². The SMILES string of the molecule is C[C@H]1C[C@@H]1C(=O)NCCC(=O)NCCc1ccccn1. The summed E-state index contributed by atoms with van der Waals surface area (Å²) >= 11 is 0. The van der Waals surface area contributed by atoms with Gasteiger partial charge in [-0.2, -0.15) is 0 Å². The molecular weight excluding hydrogens is 254 g/mol. The van der Waals surface area contributed by atoms with Gasteiger partial charge in [0.25, 0.3) is 0 Å². The topological polar surface area (TPSA) is 71.1 Å². The Labute approximate surface area is 119 Å². The maximum absolute atomic E-state index is 11.6. The van der Waals surface area contributed by atoms with Crippen molar-refractivity contribution in [3.63, 3.8) is 0 Å². The molecule has 1 saturated carbocycles. The van der Waals surface area contributed by atoms with Gasteiger partial charge in [-0.1, -0.05) is 13.0 Å². The lowest BCUT2D eigenvalue weighted by atomic mass is 10.2. The molecule has 5 nitrogen and oxygen atoms in total. The molecule has 2 N–H and O–H groups in total. The van der Waals surface area contributed by atoms with Crippen LogP contribution < -0.4 is 10.6 Å². The Morgan fingerprint density at radius 1 is 1.30 bits per heavy atom. The van der Waals surface area contributed by atoms with E-state index in [1.807, 2.05) is 18.2 Å². The lowest BCUT2D eigenvalue weighted by Gasteiger charge is -2.06. The van der Waals surface area contributed by atoms with Crippen LogP contribution in [-0.4, -0.2) is 29.9 Å². The highest BCUT2D eigenvalue weighted by molar-refractivity contribution is 5.82. The van der Waals surface area contributed by atoms with Crippen LogP contribution in [0.3, 0.4) is 0 Å². The minimum atomic E-state index is -0.0370. The third-order valence-corrected chi connectivity index (χ3v) is 3.53. The molecule has 1 fully saturated rings. The molecule has 0 saturated heterocycles. The van der Waals surface area contributed by atoms with E-state index in [0.29, 0.717) is 25.4 Å². The molecule has 1 aromatic heterocycles. The van der Waals surface area contributed by atoms with Gasteiger partial charge in [-0.05, 0) is 24.5 Å². The first-order valence-electron chi connectivity index (χ1n) is 7.11. The second-order valence-electron chi connectivity index (χ2n) is 5.28. The molecule has 1 heterocycles. The average Bonchev–Trinajstić information content (AvgIpc) is 3.17. The van der Waals surface area contributed by atoms with Crippen LogP contribution in [0.15, 0.2) is 24.4 Å². The van der Waals surface area contributed by atoms with Crippen LogP contribution in [-0.2, 0) is 16.0 Å². The number of carbonyl (C=O) groups excluding carboxylic acids is 2. The monoisotopic (exact) mass is 275 g/mol. The van der Waals surface area contributed by atoms with E-state index in [0.717, 1.165) is 18.5 Å². The van der Waals surface area contributed by atoms with E-state index in [-0.39, 0.29) is 17.7 Å². The summed E-state index contributed by atoms with van der Waals surface area (Å²) in [4.78, 5) is 27.3. The predicted molar refractivity (Wildman–Crippen MR) is 75.8 cm³/mol. The maximum Gasteiger partial charge on any atom is 0.223 e. The largest absolute Gasteiger partial charge is 0.356 e. The summed E-state index contributed by atoms with van der Waals surface area (Å²) < 4.78 is 0. The summed E-state index contributed by atoms with van der Waals surface area (Å²) in [6.45, 7) is 3.05. The number of carbonyl (C=O) groups is 2. The van der Waals surface area contributed by atoms with Crippen molar-refractivity contribution in [1.82, 2.24) is 15.6 Å². The lowest BCUT2D eigenvalue weighted by molar-refractivity contribution is -0.123. The number of aromatic nitrogens is 1. The van der Waals surface area contributed by atoms with Crippen molar-refractivity contribution in [2.75, 3.05) is 13.1 Å². The van der Waals surface area contributed by atoms with Crippen LogP contribution in [0, 0.1) is 11.8 Å². The number of amides is 2. The van der Waals surface area contributed by atoms with Gasteiger partial charge >= 0.3 is 0 Å². The number of pyridine rings is 1. The van der Waals surface area contributed by atoms with Crippen molar-refractivity contribution in [1.29, 1.82) is 0 Å². The highest BCUT2D eigenvalue weighted by Gasteiger charge is 2.38. The first-order valence-corrected chi connectivity index (χ1v) is 7.11. The Kier molecular flexibility index (Phi) is 5.09. The zero-order chi connectivity index (χ0) is 14.4. The Bertz CT molecular complexity index is 461. The molecule has 108 valence electrons. The van der Waals surface area contributed by atoms with Crippen LogP contribution in [0.5, 0.6) is 0 Å². The maximum atomic E-state index is 11.6. The van der Waals surface area contributed by atoms with Gasteiger partial charge in [0, 0.05) is 43.7 Å². The molecule has 1 aromatic rings. The number of hydrogen-bond acceptors (Lipinski definition) is 3. The van der Waals surface area contributed by atoms with Gasteiger partial charge in [-0.3, -0.25) is 14.6 Å². The van der Waals surface area contributed by atoms with Gasteiger partial charge < -0.3 is 10.6 Å². The molecule has 0 aromatic carbocycles. The highest BCUT2D eigenvalue weighted by Crippen LogP contribution is 2.37. The van der Waals surface area contributed by atoms with E-state index in [2.05, 4.69) is 22.5 Å². The fraction of sp³-hybridized carbons (Fsp3) is 0.533. The molecule has 20 heavy (non-hydrogen) atoms. The second kappa shape index (κ2) is 7.03. The Morgan fingerprint density at radius 3 is 2.75 bits per heavy atom. The summed E-state index contributed by atoms with van der Waals surface area (Å²) in [5, 5.41) is 5.63. The summed E-state index contributed by atoms with van der Waals surface area (Å²) in [6.07, 6.45) is 3.77. The van der Waals surface area contributed by atoms with Crippen LogP contribution in [0.25, 0.3) is 0 Å². The standard InChI is InChI=1S/C15H21N3O2/c1-11-10-13(11)15(20)18-9-6-14(19)17-8-5-12-4-2-3-7-16-12/h2-4,7,11,13H,5-6,8-10H2,1H3,(H,17,19)(H,18,20)/t11-,13-/m0/s1. The first-order chi connectivity index (χ1) is 9.66. The van der Waals surface area contributed by atoms with Gasteiger partial charge in [-0.25, -0.2) is 0 Å². The minimum absolute atomic E-state index is 0.0370. The number of rotatable bonds is 7. The van der Waals surface area contributed by atoms with Gasteiger partial charge in [-0.15, -0.1) is 0 Å². The molecular formula is C15H21N3O2. The van der Waals surface area contributed by atoms with Crippen molar-refractivity contribution in [2.24, 2.45) is 11.8 Å². The summed E-state index contributed by atoms with van der Waals surface area (Å²) in [5.41, 5.74) is 0.962. The summed E-state index contributed by atoms with van der Waals surface area (Å²) in [5.74, 6) is 0.716. The molecule has 0 aliphatic heterocycles. The van der Waals surface area contributed by atoms with E-state index in [4.69, 9.17) is 0 Å². The number of nitrogens with one attached hydrogen (secondary N) is 2. The van der Waals surface area contributed by atoms with E-state index >= 15 is 0 Å². The zero-order valence-corrected chi connectivity index (χ0v) is 11.8. The van der Waals surface area contributed by atoms with Crippen molar-refractivity contribution in [3.05, 3.63) is 30.1 Å². The first kappa shape index (κ1) is 14.5. The molecule has 1 aliphatic carbocycles. The molecule has 2 amide bonds. The molecule has 2 atom stereocenters. The van der Waals surface area contributed by atoms with E-state index < -0.39 is 0 Å². The smallest absolute Gasteiger partial charge is 0.223 e. The summed E-state index contributed by atoms with van der Waals surface area (Å²) in [7, 11) is 0. The molecule has 0 unspecified atom stereocenters. The molecule has 0 bridgehead atoms. The van der Waals surface area contributed by atoms with Crippen LogP contribution >= 0.6 is 0 Å². The third kappa shape index (κ3) is 4.64. The minimum Gasteiger partial charge on any atom is -0.356 e. The number of hydrogen-bond donors (Lipinski definition) is 2. The fourth-order valence-corrected chi connectivity index (χ4v) is 2.08. The van der Waals surface area contributed by atoms with Crippen LogP contribution in [0.4, 0.5) is 0 Å². The molecule has 0 spiro atoms. The Morgan fingerprint density at radius 2 is 2.10 bits per heavy atom. The zero-order valence-electron chi connectivity index (χ0n) is 11.8. The third-order valence-electron chi connectivity index (χ3n) is 3.53. The van der Waals surface area contributed by atoms with Gasteiger partial charge in [0.15, 0.2) is 0 Å². The molecule has 1 aliphatic rings.